The lowest BCUT2D eigenvalue weighted by Crippen LogP contribution is -2.16. The maximum atomic E-state index is 12.7. The predicted molar refractivity (Wildman–Crippen MR) is 106 cm³/mol. The van der Waals surface area contributed by atoms with Gasteiger partial charge in [0.2, 0.25) is 0 Å². The maximum absolute atomic E-state index is 12.7. The number of hydrogen-bond acceptors (Lipinski definition) is 3. The van der Waals surface area contributed by atoms with Crippen molar-refractivity contribution in [1.82, 2.24) is 14.3 Å². The van der Waals surface area contributed by atoms with Gasteiger partial charge in [-0.25, -0.2) is 0 Å². The molecule has 1 saturated heterocycles. The molecule has 2 aromatic carbocycles. The van der Waals surface area contributed by atoms with E-state index in [0.29, 0.717) is 23.4 Å². The van der Waals surface area contributed by atoms with Crippen LogP contribution in [0.1, 0.15) is 5.56 Å². The van der Waals surface area contributed by atoms with Crippen molar-refractivity contribution in [2.75, 3.05) is 6.61 Å². The fourth-order valence-corrected chi connectivity index (χ4v) is 3.46. The van der Waals surface area contributed by atoms with Crippen LogP contribution in [0.5, 0.6) is 0 Å². The van der Waals surface area contributed by atoms with Gasteiger partial charge < -0.3 is 4.74 Å². The summed E-state index contributed by atoms with van der Waals surface area (Å²) in [5, 5.41) is 5.29. The molecule has 1 atom stereocenters. The second-order valence-corrected chi connectivity index (χ2v) is 7.22. The van der Waals surface area contributed by atoms with Crippen molar-refractivity contribution in [3.05, 3.63) is 82.9 Å². The van der Waals surface area contributed by atoms with Crippen molar-refractivity contribution in [2.24, 2.45) is 0 Å². The van der Waals surface area contributed by atoms with E-state index in [0.717, 1.165) is 29.6 Å². The molecule has 1 fully saturated rings. The third-order valence-corrected chi connectivity index (χ3v) is 5.15. The van der Waals surface area contributed by atoms with E-state index in [1.807, 2.05) is 22.9 Å². The molecule has 4 aromatic rings. The minimum absolute atomic E-state index is 0.216. The van der Waals surface area contributed by atoms with Gasteiger partial charge >= 0.3 is 6.18 Å². The molecule has 0 saturated carbocycles. The van der Waals surface area contributed by atoms with Crippen molar-refractivity contribution >= 4 is 10.9 Å². The van der Waals surface area contributed by atoms with E-state index in [4.69, 9.17) is 4.74 Å². The van der Waals surface area contributed by atoms with Crippen molar-refractivity contribution < 1.29 is 17.9 Å². The van der Waals surface area contributed by atoms with Gasteiger partial charge in [0.15, 0.2) is 0 Å². The lowest BCUT2D eigenvalue weighted by atomic mass is 10.0. The SMILES string of the molecule is O=c1cc(-c2ccc(C(F)(F)F)cc2)ccn1-c1ccc2c(cnn2CC2CO2)c1. The molecule has 30 heavy (non-hydrogen) atoms. The highest BCUT2D eigenvalue weighted by molar-refractivity contribution is 5.81. The number of nitrogens with zero attached hydrogens (tertiary/aromatic N) is 3. The van der Waals surface area contributed by atoms with E-state index >= 15 is 0 Å². The zero-order chi connectivity index (χ0) is 20.9. The van der Waals surface area contributed by atoms with Gasteiger partial charge in [-0.3, -0.25) is 14.0 Å². The van der Waals surface area contributed by atoms with Crippen molar-refractivity contribution in [3.8, 4) is 16.8 Å². The van der Waals surface area contributed by atoms with Crippen LogP contribution in [0.3, 0.4) is 0 Å². The second-order valence-electron chi connectivity index (χ2n) is 7.22. The zero-order valence-corrected chi connectivity index (χ0v) is 15.6. The monoisotopic (exact) mass is 411 g/mol. The van der Waals surface area contributed by atoms with Crippen molar-refractivity contribution in [1.29, 1.82) is 0 Å². The van der Waals surface area contributed by atoms with Gasteiger partial charge in [0.05, 0.1) is 30.4 Å². The lowest BCUT2D eigenvalue weighted by Gasteiger charge is -2.10. The Kier molecular flexibility index (Phi) is 4.25. The van der Waals surface area contributed by atoms with Crippen LogP contribution in [-0.4, -0.2) is 27.1 Å². The van der Waals surface area contributed by atoms with Gasteiger partial charge in [-0.05, 0) is 47.5 Å². The number of ether oxygens (including phenoxy) is 1. The van der Waals surface area contributed by atoms with Crippen LogP contribution >= 0.6 is 0 Å². The minimum Gasteiger partial charge on any atom is -0.371 e. The van der Waals surface area contributed by atoms with Gasteiger partial charge in [0, 0.05) is 23.3 Å². The molecule has 0 amide bonds. The first-order chi connectivity index (χ1) is 14.4. The van der Waals surface area contributed by atoms with Gasteiger partial charge in [0.1, 0.15) is 6.10 Å². The highest BCUT2D eigenvalue weighted by Gasteiger charge is 2.30. The van der Waals surface area contributed by atoms with Gasteiger partial charge in [-0.2, -0.15) is 18.3 Å². The summed E-state index contributed by atoms with van der Waals surface area (Å²) in [5.41, 5.74) is 1.76. The first kappa shape index (κ1) is 18.6. The van der Waals surface area contributed by atoms with E-state index in [9.17, 15) is 18.0 Å². The molecule has 0 radical (unpaired) electrons. The third kappa shape index (κ3) is 3.50. The Morgan fingerprint density at radius 3 is 2.47 bits per heavy atom. The predicted octanol–water partition coefficient (Wildman–Crippen LogP) is 4.27. The fourth-order valence-electron chi connectivity index (χ4n) is 3.46. The van der Waals surface area contributed by atoms with E-state index in [2.05, 4.69) is 5.10 Å². The minimum atomic E-state index is -4.39. The summed E-state index contributed by atoms with van der Waals surface area (Å²) in [5.74, 6) is 0. The average Bonchev–Trinajstić information content (AvgIpc) is 3.46. The summed E-state index contributed by atoms with van der Waals surface area (Å²) in [6, 6.07) is 13.5. The summed E-state index contributed by atoms with van der Waals surface area (Å²) < 4.78 is 46.8. The molecule has 152 valence electrons. The number of alkyl halides is 3. The number of hydrogen-bond donors (Lipinski definition) is 0. The molecule has 0 N–H and O–H groups in total. The molecular weight excluding hydrogens is 395 g/mol. The Bertz CT molecular complexity index is 1290. The standard InChI is InChI=1S/C22H16F3N3O2/c23-22(24,25)17-3-1-14(2-4-17)15-7-8-27(21(29)10-15)18-5-6-20-16(9-18)11-26-28(20)12-19-13-30-19/h1-11,19H,12-13H2. The van der Waals surface area contributed by atoms with Crippen LogP contribution in [0.15, 0.2) is 71.8 Å². The molecule has 8 heteroatoms. The van der Waals surface area contributed by atoms with E-state index in [1.54, 1.807) is 18.5 Å². The molecular formula is C22H16F3N3O2. The average molecular weight is 411 g/mol. The van der Waals surface area contributed by atoms with Crippen molar-refractivity contribution in [3.63, 3.8) is 0 Å². The Labute approximate surface area is 168 Å². The summed E-state index contributed by atoms with van der Waals surface area (Å²) in [6.07, 6.45) is -0.796. The Morgan fingerprint density at radius 1 is 1.03 bits per heavy atom. The maximum Gasteiger partial charge on any atom is 0.416 e. The summed E-state index contributed by atoms with van der Waals surface area (Å²) in [4.78, 5) is 12.7. The Hall–Kier alpha value is -3.39. The molecule has 0 aliphatic carbocycles. The fraction of sp³-hybridized carbons (Fsp3) is 0.182. The zero-order valence-electron chi connectivity index (χ0n) is 15.6. The molecule has 0 bridgehead atoms. The summed E-state index contributed by atoms with van der Waals surface area (Å²) in [6.45, 7) is 1.45. The topological polar surface area (TPSA) is 52.4 Å². The lowest BCUT2D eigenvalue weighted by molar-refractivity contribution is -0.137. The smallest absolute Gasteiger partial charge is 0.371 e. The molecule has 2 aromatic heterocycles. The van der Waals surface area contributed by atoms with Crippen LogP contribution in [0.4, 0.5) is 13.2 Å². The van der Waals surface area contributed by atoms with Gasteiger partial charge in [0.25, 0.3) is 5.56 Å². The highest BCUT2D eigenvalue weighted by Crippen LogP contribution is 2.30. The molecule has 5 nitrogen and oxygen atoms in total. The van der Waals surface area contributed by atoms with Crippen LogP contribution in [0, 0.1) is 0 Å². The normalized spacial score (nSPS) is 16.2. The first-order valence-corrected chi connectivity index (χ1v) is 9.36. The van der Waals surface area contributed by atoms with Crippen LogP contribution in [-0.2, 0) is 17.5 Å². The summed E-state index contributed by atoms with van der Waals surface area (Å²) >= 11 is 0. The number of rotatable bonds is 4. The third-order valence-electron chi connectivity index (χ3n) is 5.15. The quantitative estimate of drug-likeness (QED) is 0.471. The van der Waals surface area contributed by atoms with E-state index in [-0.39, 0.29) is 11.7 Å². The van der Waals surface area contributed by atoms with Gasteiger partial charge in [-0.1, -0.05) is 12.1 Å². The largest absolute Gasteiger partial charge is 0.416 e. The number of epoxide rings is 1. The van der Waals surface area contributed by atoms with Crippen LogP contribution in [0.2, 0.25) is 0 Å². The number of aromatic nitrogens is 3. The molecule has 1 aliphatic rings. The Balaban J connectivity index is 1.45. The molecule has 5 rings (SSSR count). The molecule has 1 aliphatic heterocycles. The van der Waals surface area contributed by atoms with E-state index < -0.39 is 11.7 Å². The van der Waals surface area contributed by atoms with E-state index in [1.165, 1.54) is 22.8 Å². The molecule has 3 heterocycles. The second kappa shape index (κ2) is 6.84. The highest BCUT2D eigenvalue weighted by atomic mass is 19.4. The Morgan fingerprint density at radius 2 is 1.80 bits per heavy atom. The van der Waals surface area contributed by atoms with Crippen LogP contribution < -0.4 is 5.56 Å². The first-order valence-electron chi connectivity index (χ1n) is 9.36. The number of fused-ring (bicyclic) bond motifs is 1. The number of pyridine rings is 1. The van der Waals surface area contributed by atoms with Crippen LogP contribution in [0.25, 0.3) is 27.7 Å². The molecule has 0 spiro atoms. The van der Waals surface area contributed by atoms with Crippen molar-refractivity contribution in [2.45, 2.75) is 18.8 Å². The van der Waals surface area contributed by atoms with Gasteiger partial charge in [-0.15, -0.1) is 0 Å². The number of benzene rings is 2. The number of halogens is 3. The summed E-state index contributed by atoms with van der Waals surface area (Å²) in [7, 11) is 0. The molecule has 1 unspecified atom stereocenters.